The van der Waals surface area contributed by atoms with E-state index in [1.807, 2.05) is 25.1 Å². The average Bonchev–Trinajstić information content (AvgIpc) is 3.12. The van der Waals surface area contributed by atoms with E-state index in [4.69, 9.17) is 0 Å². The Labute approximate surface area is 176 Å². The number of carbonyl (C=O) groups is 1. The topological polar surface area (TPSA) is 78.8 Å². The van der Waals surface area contributed by atoms with E-state index in [1.165, 1.54) is 16.5 Å². The molecule has 0 saturated heterocycles. The Morgan fingerprint density at radius 2 is 1.83 bits per heavy atom. The third-order valence-corrected chi connectivity index (χ3v) is 6.42. The van der Waals surface area contributed by atoms with Crippen LogP contribution in [0, 0.1) is 6.92 Å². The molecule has 1 aliphatic rings. The average molecular weight is 422 g/mol. The SMILES string of the molecule is Cc1cccc(N(CC(=O)N/N=C\c2ccc3c4c(cccc24)CC3)S(C)(=O)=O)c1. The fourth-order valence-corrected chi connectivity index (χ4v) is 4.75. The van der Waals surface area contributed by atoms with E-state index < -0.39 is 15.9 Å². The van der Waals surface area contributed by atoms with Crippen LogP contribution in [-0.2, 0) is 27.7 Å². The normalized spacial score (nSPS) is 13.1. The molecule has 0 fully saturated rings. The lowest BCUT2D eigenvalue weighted by Crippen LogP contribution is -2.39. The van der Waals surface area contributed by atoms with Gasteiger partial charge in [0.2, 0.25) is 10.0 Å². The van der Waals surface area contributed by atoms with Crippen LogP contribution >= 0.6 is 0 Å². The number of aryl methyl sites for hydroxylation is 3. The van der Waals surface area contributed by atoms with Crippen molar-refractivity contribution >= 4 is 38.6 Å². The molecule has 0 spiro atoms. The maximum Gasteiger partial charge on any atom is 0.260 e. The highest BCUT2D eigenvalue weighted by Gasteiger charge is 2.21. The van der Waals surface area contributed by atoms with Gasteiger partial charge in [0.15, 0.2) is 0 Å². The Morgan fingerprint density at radius 1 is 1.10 bits per heavy atom. The number of benzene rings is 3. The number of anilines is 1. The van der Waals surface area contributed by atoms with Crippen molar-refractivity contribution < 1.29 is 13.2 Å². The molecule has 4 rings (SSSR count). The lowest BCUT2D eigenvalue weighted by atomic mass is 10.0. The van der Waals surface area contributed by atoms with Gasteiger partial charge in [0.1, 0.15) is 6.54 Å². The van der Waals surface area contributed by atoms with Gasteiger partial charge < -0.3 is 0 Å². The molecule has 7 heteroatoms. The Kier molecular flexibility index (Phi) is 5.30. The number of nitrogens with one attached hydrogen (secondary N) is 1. The first-order chi connectivity index (χ1) is 14.3. The van der Waals surface area contributed by atoms with E-state index >= 15 is 0 Å². The summed E-state index contributed by atoms with van der Waals surface area (Å²) >= 11 is 0. The first-order valence-corrected chi connectivity index (χ1v) is 11.6. The van der Waals surface area contributed by atoms with Gasteiger partial charge in [-0.2, -0.15) is 5.10 Å². The van der Waals surface area contributed by atoms with Gasteiger partial charge in [0, 0.05) is 5.56 Å². The lowest BCUT2D eigenvalue weighted by molar-refractivity contribution is -0.119. The first kappa shape index (κ1) is 20.1. The minimum Gasteiger partial charge on any atom is -0.271 e. The quantitative estimate of drug-likeness (QED) is 0.491. The van der Waals surface area contributed by atoms with E-state index in [0.717, 1.165) is 39.9 Å². The van der Waals surface area contributed by atoms with Gasteiger partial charge in [0.25, 0.3) is 5.91 Å². The summed E-state index contributed by atoms with van der Waals surface area (Å²) in [6.45, 7) is 1.52. The van der Waals surface area contributed by atoms with Gasteiger partial charge >= 0.3 is 0 Å². The molecule has 0 aromatic heterocycles. The number of hydrogen-bond acceptors (Lipinski definition) is 4. The van der Waals surface area contributed by atoms with Gasteiger partial charge in [-0.25, -0.2) is 13.8 Å². The molecular weight excluding hydrogens is 398 g/mol. The molecule has 3 aromatic rings. The third kappa shape index (κ3) is 4.07. The van der Waals surface area contributed by atoms with Crippen LogP contribution in [0.2, 0.25) is 0 Å². The summed E-state index contributed by atoms with van der Waals surface area (Å²) in [5.41, 5.74) is 7.40. The van der Waals surface area contributed by atoms with Crippen molar-refractivity contribution in [2.45, 2.75) is 19.8 Å². The van der Waals surface area contributed by atoms with Crippen molar-refractivity contribution in [2.24, 2.45) is 5.10 Å². The molecule has 1 amide bonds. The highest BCUT2D eigenvalue weighted by Crippen LogP contribution is 2.32. The van der Waals surface area contributed by atoms with Crippen LogP contribution in [0.4, 0.5) is 5.69 Å². The summed E-state index contributed by atoms with van der Waals surface area (Å²) in [5, 5.41) is 6.45. The number of hydrazone groups is 1. The van der Waals surface area contributed by atoms with Gasteiger partial charge in [-0.05, 0) is 59.4 Å². The van der Waals surface area contributed by atoms with E-state index in [2.05, 4.69) is 28.7 Å². The second kappa shape index (κ2) is 7.91. The predicted octanol–water partition coefficient (Wildman–Crippen LogP) is 3.16. The Balaban J connectivity index is 1.51. The Hall–Kier alpha value is -3.19. The monoisotopic (exact) mass is 421 g/mol. The van der Waals surface area contributed by atoms with Crippen molar-refractivity contribution in [3.63, 3.8) is 0 Å². The van der Waals surface area contributed by atoms with E-state index in [1.54, 1.807) is 24.4 Å². The number of carbonyl (C=O) groups excluding carboxylic acids is 1. The summed E-state index contributed by atoms with van der Waals surface area (Å²) in [6.07, 6.45) is 4.78. The largest absolute Gasteiger partial charge is 0.271 e. The number of hydrogen-bond donors (Lipinski definition) is 1. The van der Waals surface area contributed by atoms with Crippen LogP contribution in [0.3, 0.4) is 0 Å². The van der Waals surface area contributed by atoms with Crippen molar-refractivity contribution in [3.8, 4) is 0 Å². The molecule has 1 N–H and O–H groups in total. The minimum absolute atomic E-state index is 0.344. The van der Waals surface area contributed by atoms with Gasteiger partial charge in [-0.1, -0.05) is 42.5 Å². The maximum absolute atomic E-state index is 12.4. The molecule has 1 aliphatic carbocycles. The summed E-state index contributed by atoms with van der Waals surface area (Å²) < 4.78 is 25.5. The number of sulfonamides is 1. The lowest BCUT2D eigenvalue weighted by Gasteiger charge is -2.21. The zero-order chi connectivity index (χ0) is 21.3. The second-order valence-corrected chi connectivity index (χ2v) is 9.46. The summed E-state index contributed by atoms with van der Waals surface area (Å²) in [5.74, 6) is -0.510. The predicted molar refractivity (Wildman–Crippen MR) is 120 cm³/mol. The molecule has 0 atom stereocenters. The minimum atomic E-state index is -3.62. The highest BCUT2D eigenvalue weighted by atomic mass is 32.2. The Morgan fingerprint density at radius 3 is 2.57 bits per heavy atom. The standard InChI is InChI=1S/C23H23N3O3S/c1-16-5-3-7-20(13-16)26(30(2,28)29)15-22(27)25-24-14-19-12-11-18-10-9-17-6-4-8-21(19)23(17)18/h3-8,11-14H,9-10,15H2,1-2H3,(H,25,27)/b24-14-. The molecule has 6 nitrogen and oxygen atoms in total. The molecule has 3 aromatic carbocycles. The molecule has 30 heavy (non-hydrogen) atoms. The van der Waals surface area contributed by atoms with Crippen LogP contribution in [0.25, 0.3) is 10.8 Å². The van der Waals surface area contributed by atoms with Crippen molar-refractivity contribution in [3.05, 3.63) is 76.9 Å². The van der Waals surface area contributed by atoms with Gasteiger partial charge in [-0.3, -0.25) is 9.10 Å². The van der Waals surface area contributed by atoms with Crippen LogP contribution in [-0.4, -0.2) is 33.3 Å². The molecule has 0 unspecified atom stereocenters. The summed E-state index contributed by atoms with van der Waals surface area (Å²) in [4.78, 5) is 12.4. The number of rotatable bonds is 6. The summed E-state index contributed by atoms with van der Waals surface area (Å²) in [6, 6.07) is 17.4. The maximum atomic E-state index is 12.4. The zero-order valence-electron chi connectivity index (χ0n) is 16.9. The molecule has 0 bridgehead atoms. The summed E-state index contributed by atoms with van der Waals surface area (Å²) in [7, 11) is -3.62. The Bertz CT molecular complexity index is 1260. The van der Waals surface area contributed by atoms with Crippen LogP contribution < -0.4 is 9.73 Å². The van der Waals surface area contributed by atoms with Crippen molar-refractivity contribution in [2.75, 3.05) is 17.1 Å². The molecular formula is C23H23N3O3S. The van der Waals surface area contributed by atoms with E-state index in [-0.39, 0.29) is 6.54 Å². The van der Waals surface area contributed by atoms with E-state index in [9.17, 15) is 13.2 Å². The van der Waals surface area contributed by atoms with Gasteiger partial charge in [0.05, 0.1) is 18.2 Å². The number of nitrogens with zero attached hydrogens (tertiary/aromatic N) is 2. The van der Waals surface area contributed by atoms with E-state index in [0.29, 0.717) is 5.69 Å². The molecule has 0 radical (unpaired) electrons. The van der Waals surface area contributed by atoms with Crippen LogP contribution in [0.15, 0.2) is 59.7 Å². The molecule has 0 heterocycles. The second-order valence-electron chi connectivity index (χ2n) is 7.56. The van der Waals surface area contributed by atoms with Crippen molar-refractivity contribution in [1.82, 2.24) is 5.43 Å². The number of amides is 1. The zero-order valence-corrected chi connectivity index (χ0v) is 17.7. The molecule has 0 saturated carbocycles. The third-order valence-electron chi connectivity index (χ3n) is 5.28. The molecule has 0 aliphatic heterocycles. The van der Waals surface area contributed by atoms with Crippen molar-refractivity contribution in [1.29, 1.82) is 0 Å². The van der Waals surface area contributed by atoms with Crippen LogP contribution in [0.5, 0.6) is 0 Å². The first-order valence-electron chi connectivity index (χ1n) is 9.73. The molecule has 154 valence electrons. The van der Waals surface area contributed by atoms with Gasteiger partial charge in [-0.15, -0.1) is 0 Å². The smallest absolute Gasteiger partial charge is 0.260 e. The van der Waals surface area contributed by atoms with Crippen LogP contribution in [0.1, 0.15) is 22.3 Å². The fourth-order valence-electron chi connectivity index (χ4n) is 3.90. The highest BCUT2D eigenvalue weighted by molar-refractivity contribution is 7.92. The fraction of sp³-hybridized carbons (Fsp3) is 0.217.